The van der Waals surface area contributed by atoms with Crippen LogP contribution in [0.4, 0.5) is 21.0 Å². The number of amides is 4. The first-order valence-electron chi connectivity index (χ1n) is 11.2. The molecule has 1 aliphatic rings. The zero-order valence-electron chi connectivity index (χ0n) is 19.1. The molecule has 3 unspecified atom stereocenters. The van der Waals surface area contributed by atoms with E-state index in [9.17, 15) is 14.4 Å². The molecule has 0 heterocycles. The summed E-state index contributed by atoms with van der Waals surface area (Å²) in [7, 11) is 0. The zero-order valence-corrected chi connectivity index (χ0v) is 19.8. The summed E-state index contributed by atoms with van der Waals surface area (Å²) in [5.41, 5.74) is 1.21. The number of benzene rings is 2. The number of anilines is 2. The maximum absolute atomic E-state index is 12.4. The quantitative estimate of drug-likeness (QED) is 0.476. The monoisotopic (exact) mass is 471 g/mol. The van der Waals surface area contributed by atoms with Crippen LogP contribution < -0.4 is 16.0 Å². The van der Waals surface area contributed by atoms with Crippen LogP contribution in [0.15, 0.2) is 48.5 Å². The van der Waals surface area contributed by atoms with E-state index in [0.29, 0.717) is 29.1 Å². The van der Waals surface area contributed by atoms with Gasteiger partial charge in [-0.1, -0.05) is 50.9 Å². The van der Waals surface area contributed by atoms with Crippen molar-refractivity contribution in [2.24, 2.45) is 17.8 Å². The third-order valence-electron chi connectivity index (χ3n) is 5.95. The summed E-state index contributed by atoms with van der Waals surface area (Å²) in [5, 5.41) is 7.81. The lowest BCUT2D eigenvalue weighted by Crippen LogP contribution is -2.37. The predicted molar refractivity (Wildman–Crippen MR) is 130 cm³/mol. The van der Waals surface area contributed by atoms with E-state index in [1.165, 1.54) is 6.07 Å². The molecule has 1 fully saturated rings. The standard InChI is InChI=1S/C25H30ClN3O4/c1-15(2)19-13-8-16(3)14-22(19)33-25(32)28-18-11-9-17(10-12-18)27-24(31)29-23(30)20-6-4-5-7-21(20)26/h4-7,9-12,15-16,19,22H,8,13-14H2,1-3H3,(H,28,32)(H2,27,29,30,31). The first-order valence-corrected chi connectivity index (χ1v) is 11.5. The highest BCUT2D eigenvalue weighted by Gasteiger charge is 2.33. The molecule has 0 aliphatic heterocycles. The van der Waals surface area contributed by atoms with E-state index >= 15 is 0 Å². The molecule has 0 spiro atoms. The van der Waals surface area contributed by atoms with Gasteiger partial charge in [0.05, 0.1) is 10.6 Å². The van der Waals surface area contributed by atoms with Gasteiger partial charge in [-0.25, -0.2) is 9.59 Å². The number of rotatable bonds is 5. The van der Waals surface area contributed by atoms with E-state index in [-0.39, 0.29) is 16.7 Å². The number of imide groups is 1. The van der Waals surface area contributed by atoms with Crippen LogP contribution in [-0.2, 0) is 4.74 Å². The second-order valence-corrected chi connectivity index (χ2v) is 9.27. The highest BCUT2D eigenvalue weighted by Crippen LogP contribution is 2.35. The van der Waals surface area contributed by atoms with Gasteiger partial charge in [-0.2, -0.15) is 0 Å². The average molecular weight is 472 g/mol. The van der Waals surface area contributed by atoms with E-state index < -0.39 is 18.0 Å². The van der Waals surface area contributed by atoms with Crippen LogP contribution in [0.5, 0.6) is 0 Å². The van der Waals surface area contributed by atoms with E-state index in [1.54, 1.807) is 42.5 Å². The van der Waals surface area contributed by atoms with Crippen LogP contribution in [0, 0.1) is 17.8 Å². The smallest absolute Gasteiger partial charge is 0.411 e. The van der Waals surface area contributed by atoms with Gasteiger partial charge in [-0.05, 0) is 67.0 Å². The van der Waals surface area contributed by atoms with Gasteiger partial charge in [-0.3, -0.25) is 15.4 Å². The van der Waals surface area contributed by atoms with Gasteiger partial charge in [0.2, 0.25) is 0 Å². The molecule has 0 radical (unpaired) electrons. The molecule has 4 amide bonds. The molecule has 2 aromatic carbocycles. The molecule has 0 saturated heterocycles. The normalized spacial score (nSPS) is 20.1. The Balaban J connectivity index is 1.51. The van der Waals surface area contributed by atoms with Crippen molar-refractivity contribution >= 4 is 41.0 Å². The van der Waals surface area contributed by atoms with E-state index in [0.717, 1.165) is 19.3 Å². The Labute approximate surface area is 199 Å². The molecule has 2 aromatic rings. The summed E-state index contributed by atoms with van der Waals surface area (Å²) in [6.07, 6.45) is 2.54. The van der Waals surface area contributed by atoms with Crippen molar-refractivity contribution in [1.82, 2.24) is 5.32 Å². The van der Waals surface area contributed by atoms with Crippen molar-refractivity contribution in [3.8, 4) is 0 Å². The summed E-state index contributed by atoms with van der Waals surface area (Å²) in [4.78, 5) is 36.7. The lowest BCUT2D eigenvalue weighted by Gasteiger charge is -2.36. The van der Waals surface area contributed by atoms with Crippen LogP contribution in [0.1, 0.15) is 50.4 Å². The van der Waals surface area contributed by atoms with Crippen LogP contribution >= 0.6 is 11.6 Å². The lowest BCUT2D eigenvalue weighted by atomic mass is 9.75. The Morgan fingerprint density at radius 3 is 2.24 bits per heavy atom. The molecule has 1 aliphatic carbocycles. The number of hydrogen-bond donors (Lipinski definition) is 3. The second-order valence-electron chi connectivity index (χ2n) is 8.86. The van der Waals surface area contributed by atoms with Crippen molar-refractivity contribution in [2.45, 2.75) is 46.1 Å². The van der Waals surface area contributed by atoms with Crippen LogP contribution in [0.2, 0.25) is 5.02 Å². The number of ether oxygens (including phenoxy) is 1. The number of halogens is 1. The molecule has 176 valence electrons. The Hall–Kier alpha value is -3.06. The summed E-state index contributed by atoms with van der Waals surface area (Å²) >= 11 is 5.98. The predicted octanol–water partition coefficient (Wildman–Crippen LogP) is 6.31. The van der Waals surface area contributed by atoms with Crippen molar-refractivity contribution < 1.29 is 19.1 Å². The summed E-state index contributed by atoms with van der Waals surface area (Å²) in [6, 6.07) is 12.3. The van der Waals surface area contributed by atoms with Gasteiger partial charge in [0.1, 0.15) is 6.10 Å². The Morgan fingerprint density at radius 2 is 1.61 bits per heavy atom. The van der Waals surface area contributed by atoms with Crippen molar-refractivity contribution in [3.63, 3.8) is 0 Å². The average Bonchev–Trinajstić information content (AvgIpc) is 2.75. The first-order chi connectivity index (χ1) is 15.7. The number of hydrogen-bond acceptors (Lipinski definition) is 4. The third-order valence-corrected chi connectivity index (χ3v) is 6.28. The largest absolute Gasteiger partial charge is 0.446 e. The lowest BCUT2D eigenvalue weighted by molar-refractivity contribution is 0.0126. The molecule has 1 saturated carbocycles. The Morgan fingerprint density at radius 1 is 0.970 bits per heavy atom. The number of carbonyl (C=O) groups excluding carboxylic acids is 3. The maximum atomic E-state index is 12.4. The van der Waals surface area contributed by atoms with E-state index in [4.69, 9.17) is 16.3 Å². The second kappa shape index (κ2) is 11.2. The highest BCUT2D eigenvalue weighted by atomic mass is 35.5. The van der Waals surface area contributed by atoms with Crippen LogP contribution in [0.3, 0.4) is 0 Å². The SMILES string of the molecule is CC1CCC(C(C)C)C(OC(=O)Nc2ccc(NC(=O)NC(=O)c3ccccc3Cl)cc2)C1. The molecule has 7 nitrogen and oxygen atoms in total. The minimum absolute atomic E-state index is 0.0889. The number of urea groups is 1. The maximum Gasteiger partial charge on any atom is 0.411 e. The minimum atomic E-state index is -0.689. The fourth-order valence-electron chi connectivity index (χ4n) is 4.15. The first kappa shape index (κ1) is 24.6. The van der Waals surface area contributed by atoms with Crippen molar-refractivity contribution in [3.05, 3.63) is 59.1 Å². The van der Waals surface area contributed by atoms with E-state index in [1.807, 2.05) is 0 Å². The molecule has 0 aromatic heterocycles. The molecule has 0 bridgehead atoms. The topological polar surface area (TPSA) is 96.5 Å². The third kappa shape index (κ3) is 6.96. The Kier molecular flexibility index (Phi) is 8.33. The molecular weight excluding hydrogens is 442 g/mol. The van der Waals surface area contributed by atoms with E-state index in [2.05, 4.69) is 36.7 Å². The fraction of sp³-hybridized carbons (Fsp3) is 0.400. The molecule has 3 atom stereocenters. The van der Waals surface area contributed by atoms with Gasteiger partial charge in [0.25, 0.3) is 5.91 Å². The highest BCUT2D eigenvalue weighted by molar-refractivity contribution is 6.34. The van der Waals surface area contributed by atoms with Gasteiger partial charge >= 0.3 is 12.1 Å². The molecule has 33 heavy (non-hydrogen) atoms. The van der Waals surface area contributed by atoms with Gasteiger partial charge in [0, 0.05) is 11.4 Å². The van der Waals surface area contributed by atoms with Crippen molar-refractivity contribution in [1.29, 1.82) is 0 Å². The van der Waals surface area contributed by atoms with Gasteiger partial charge in [0.15, 0.2) is 0 Å². The molecule has 8 heteroatoms. The number of nitrogens with one attached hydrogen (secondary N) is 3. The van der Waals surface area contributed by atoms with Gasteiger partial charge in [-0.15, -0.1) is 0 Å². The molecule has 3 rings (SSSR count). The van der Waals surface area contributed by atoms with Crippen molar-refractivity contribution in [2.75, 3.05) is 10.6 Å². The fourth-order valence-corrected chi connectivity index (χ4v) is 4.37. The number of carbonyl (C=O) groups is 3. The van der Waals surface area contributed by atoms with Crippen LogP contribution in [-0.4, -0.2) is 24.1 Å². The molecule has 3 N–H and O–H groups in total. The Bertz CT molecular complexity index is 993. The summed E-state index contributed by atoms with van der Waals surface area (Å²) < 4.78 is 5.75. The summed E-state index contributed by atoms with van der Waals surface area (Å²) in [5.74, 6) is 0.761. The zero-order chi connectivity index (χ0) is 24.0. The van der Waals surface area contributed by atoms with Crippen LogP contribution in [0.25, 0.3) is 0 Å². The summed E-state index contributed by atoms with van der Waals surface area (Å²) in [6.45, 7) is 6.52. The molecular formula is C25H30ClN3O4. The minimum Gasteiger partial charge on any atom is -0.446 e. The van der Waals surface area contributed by atoms with Gasteiger partial charge < -0.3 is 10.1 Å².